The van der Waals surface area contributed by atoms with Gasteiger partial charge in [0.25, 0.3) is 5.91 Å². The van der Waals surface area contributed by atoms with Gasteiger partial charge in [-0.15, -0.1) is 11.8 Å². The van der Waals surface area contributed by atoms with Crippen molar-refractivity contribution in [1.82, 2.24) is 14.9 Å². The summed E-state index contributed by atoms with van der Waals surface area (Å²) in [5.74, 6) is -0.438. The van der Waals surface area contributed by atoms with Gasteiger partial charge in [0, 0.05) is 36.1 Å². The number of benzene rings is 1. The van der Waals surface area contributed by atoms with E-state index in [4.69, 9.17) is 0 Å². The summed E-state index contributed by atoms with van der Waals surface area (Å²) in [7, 11) is 0. The van der Waals surface area contributed by atoms with Gasteiger partial charge in [0.05, 0.1) is 12.1 Å². The van der Waals surface area contributed by atoms with E-state index in [9.17, 15) is 9.59 Å². The highest BCUT2D eigenvalue weighted by molar-refractivity contribution is 7.98. The summed E-state index contributed by atoms with van der Waals surface area (Å²) in [6.45, 7) is 0.814. The molecule has 1 N–H and O–H groups in total. The van der Waals surface area contributed by atoms with Gasteiger partial charge in [0.2, 0.25) is 5.91 Å². The Hall–Kier alpha value is -2.41. The van der Waals surface area contributed by atoms with Crippen molar-refractivity contribution in [2.75, 3.05) is 24.7 Å². The molecule has 23 heavy (non-hydrogen) atoms. The standard InChI is InChI=1S/C16H16N4O2S/c1-23-13-4-2-12(3-5-13)19-15(21)11-9-20(10-11)16(22)14-8-17-6-7-18-14/h2-8,11H,9-10H2,1H3,(H,19,21). The van der Waals surface area contributed by atoms with E-state index in [0.29, 0.717) is 18.8 Å². The second-order valence-electron chi connectivity index (χ2n) is 5.22. The van der Waals surface area contributed by atoms with Gasteiger partial charge in [0.15, 0.2) is 0 Å². The van der Waals surface area contributed by atoms with Gasteiger partial charge in [-0.1, -0.05) is 0 Å². The van der Waals surface area contributed by atoms with Crippen LogP contribution < -0.4 is 5.32 Å². The van der Waals surface area contributed by atoms with Gasteiger partial charge in [-0.2, -0.15) is 0 Å². The molecular weight excluding hydrogens is 312 g/mol. The Morgan fingerprint density at radius 1 is 1.22 bits per heavy atom. The van der Waals surface area contributed by atoms with Crippen LogP contribution >= 0.6 is 11.8 Å². The molecule has 0 aliphatic carbocycles. The fraction of sp³-hybridized carbons (Fsp3) is 0.250. The van der Waals surface area contributed by atoms with Crippen LogP contribution in [0.25, 0.3) is 0 Å². The van der Waals surface area contributed by atoms with Crippen LogP contribution in [-0.2, 0) is 4.79 Å². The third-order valence-electron chi connectivity index (χ3n) is 3.68. The summed E-state index contributed by atoms with van der Waals surface area (Å²) in [5.41, 5.74) is 1.07. The van der Waals surface area contributed by atoms with Crippen LogP contribution in [0.4, 0.5) is 5.69 Å². The number of aromatic nitrogens is 2. The zero-order valence-electron chi connectivity index (χ0n) is 12.6. The van der Waals surface area contributed by atoms with Crippen LogP contribution in [0.15, 0.2) is 47.8 Å². The third-order valence-corrected chi connectivity index (χ3v) is 4.42. The van der Waals surface area contributed by atoms with Crippen LogP contribution in [-0.4, -0.2) is 46.0 Å². The molecule has 6 nitrogen and oxygen atoms in total. The number of thioether (sulfide) groups is 1. The number of rotatable bonds is 4. The number of hydrogen-bond donors (Lipinski definition) is 1. The minimum absolute atomic E-state index is 0.0647. The van der Waals surface area contributed by atoms with Crippen molar-refractivity contribution >= 4 is 29.3 Å². The monoisotopic (exact) mass is 328 g/mol. The van der Waals surface area contributed by atoms with Crippen LogP contribution in [0, 0.1) is 5.92 Å². The second kappa shape index (κ2) is 6.78. The van der Waals surface area contributed by atoms with Crippen LogP contribution in [0.5, 0.6) is 0 Å². The Morgan fingerprint density at radius 2 is 1.96 bits per heavy atom. The number of anilines is 1. The first kappa shape index (κ1) is 15.5. The van der Waals surface area contributed by atoms with E-state index in [2.05, 4.69) is 15.3 Å². The van der Waals surface area contributed by atoms with Gasteiger partial charge in [-0.25, -0.2) is 4.98 Å². The molecule has 1 fully saturated rings. The summed E-state index contributed by atoms with van der Waals surface area (Å²) in [6, 6.07) is 7.69. The van der Waals surface area contributed by atoms with E-state index in [1.54, 1.807) is 16.7 Å². The number of likely N-dealkylation sites (tertiary alicyclic amines) is 1. The molecule has 1 aliphatic heterocycles. The van der Waals surface area contributed by atoms with E-state index in [0.717, 1.165) is 10.6 Å². The fourth-order valence-corrected chi connectivity index (χ4v) is 2.71. The van der Waals surface area contributed by atoms with Crippen molar-refractivity contribution in [2.45, 2.75) is 4.90 Å². The van der Waals surface area contributed by atoms with Crippen LogP contribution in [0.3, 0.4) is 0 Å². The predicted molar refractivity (Wildman–Crippen MR) is 88.3 cm³/mol. The molecule has 7 heteroatoms. The van der Waals surface area contributed by atoms with Crippen molar-refractivity contribution in [3.8, 4) is 0 Å². The van der Waals surface area contributed by atoms with Gasteiger partial charge in [-0.05, 0) is 30.5 Å². The summed E-state index contributed by atoms with van der Waals surface area (Å²) in [6.07, 6.45) is 6.44. The number of nitrogens with one attached hydrogen (secondary N) is 1. The topological polar surface area (TPSA) is 75.2 Å². The quantitative estimate of drug-likeness (QED) is 0.868. The molecule has 1 saturated heterocycles. The van der Waals surface area contributed by atoms with Crippen molar-refractivity contribution in [3.05, 3.63) is 48.5 Å². The third kappa shape index (κ3) is 3.50. The maximum atomic E-state index is 12.2. The minimum Gasteiger partial charge on any atom is -0.336 e. The van der Waals surface area contributed by atoms with E-state index >= 15 is 0 Å². The summed E-state index contributed by atoms with van der Waals surface area (Å²) < 4.78 is 0. The molecule has 118 valence electrons. The van der Waals surface area contributed by atoms with E-state index in [1.165, 1.54) is 18.6 Å². The van der Waals surface area contributed by atoms with Gasteiger partial charge in [-0.3, -0.25) is 14.6 Å². The summed E-state index contributed by atoms with van der Waals surface area (Å²) in [5, 5.41) is 2.88. The van der Waals surface area contributed by atoms with Crippen molar-refractivity contribution in [2.24, 2.45) is 5.92 Å². The molecule has 0 unspecified atom stereocenters. The first-order valence-electron chi connectivity index (χ1n) is 7.17. The number of carbonyl (C=O) groups excluding carboxylic acids is 2. The molecule has 2 aromatic rings. The SMILES string of the molecule is CSc1ccc(NC(=O)C2CN(C(=O)c3cnccn3)C2)cc1. The Labute approximate surface area is 138 Å². The summed E-state index contributed by atoms with van der Waals surface area (Å²) >= 11 is 1.65. The molecule has 1 aliphatic rings. The highest BCUT2D eigenvalue weighted by Crippen LogP contribution is 2.21. The molecule has 0 atom stereocenters. The molecular formula is C16H16N4O2S. The molecule has 0 radical (unpaired) electrons. The normalized spacial score (nSPS) is 14.2. The summed E-state index contributed by atoms with van der Waals surface area (Å²) in [4.78, 5) is 34.9. The van der Waals surface area contributed by atoms with Crippen molar-refractivity contribution in [3.63, 3.8) is 0 Å². The van der Waals surface area contributed by atoms with Gasteiger partial charge in [0.1, 0.15) is 5.69 Å². The first-order valence-corrected chi connectivity index (χ1v) is 8.40. The maximum Gasteiger partial charge on any atom is 0.274 e. The lowest BCUT2D eigenvalue weighted by atomic mass is 9.98. The van der Waals surface area contributed by atoms with E-state index in [-0.39, 0.29) is 17.7 Å². The molecule has 2 heterocycles. The highest BCUT2D eigenvalue weighted by Gasteiger charge is 2.36. The molecule has 0 spiro atoms. The molecule has 3 rings (SSSR count). The predicted octanol–water partition coefficient (Wildman–Crippen LogP) is 1.91. The van der Waals surface area contributed by atoms with Crippen molar-refractivity contribution < 1.29 is 9.59 Å². The average Bonchev–Trinajstić information content (AvgIpc) is 2.55. The zero-order valence-corrected chi connectivity index (χ0v) is 13.4. The Balaban J connectivity index is 1.52. The molecule has 0 bridgehead atoms. The molecule has 2 amide bonds. The smallest absolute Gasteiger partial charge is 0.274 e. The minimum atomic E-state index is -0.188. The molecule has 1 aromatic carbocycles. The molecule has 0 saturated carbocycles. The first-order chi connectivity index (χ1) is 11.2. The number of carbonyl (C=O) groups is 2. The Kier molecular flexibility index (Phi) is 4.57. The van der Waals surface area contributed by atoms with Crippen LogP contribution in [0.1, 0.15) is 10.5 Å². The number of amides is 2. The van der Waals surface area contributed by atoms with Gasteiger partial charge >= 0.3 is 0 Å². The van der Waals surface area contributed by atoms with Gasteiger partial charge < -0.3 is 10.2 Å². The maximum absolute atomic E-state index is 12.2. The Morgan fingerprint density at radius 3 is 2.57 bits per heavy atom. The largest absolute Gasteiger partial charge is 0.336 e. The lowest BCUT2D eigenvalue weighted by molar-refractivity contribution is -0.123. The second-order valence-corrected chi connectivity index (χ2v) is 6.10. The Bertz CT molecular complexity index is 700. The number of nitrogens with zero attached hydrogens (tertiary/aromatic N) is 3. The lowest BCUT2D eigenvalue weighted by Gasteiger charge is -2.37. The van der Waals surface area contributed by atoms with Crippen LogP contribution in [0.2, 0.25) is 0 Å². The average molecular weight is 328 g/mol. The highest BCUT2D eigenvalue weighted by atomic mass is 32.2. The van der Waals surface area contributed by atoms with E-state index < -0.39 is 0 Å². The number of hydrogen-bond acceptors (Lipinski definition) is 5. The zero-order chi connectivity index (χ0) is 16.2. The molecule has 1 aromatic heterocycles. The lowest BCUT2D eigenvalue weighted by Crippen LogP contribution is -2.54. The van der Waals surface area contributed by atoms with E-state index in [1.807, 2.05) is 30.5 Å². The fourth-order valence-electron chi connectivity index (χ4n) is 2.30. The van der Waals surface area contributed by atoms with Crippen molar-refractivity contribution in [1.29, 1.82) is 0 Å².